The van der Waals surface area contributed by atoms with Gasteiger partial charge in [0.2, 0.25) is 5.91 Å². The lowest BCUT2D eigenvalue weighted by atomic mass is 9.96. The van der Waals surface area contributed by atoms with Gasteiger partial charge in [-0.15, -0.1) is 0 Å². The highest BCUT2D eigenvalue weighted by Gasteiger charge is 2.16. The summed E-state index contributed by atoms with van der Waals surface area (Å²) >= 11 is 0. The monoisotopic (exact) mass is 276 g/mol. The highest BCUT2D eigenvalue weighted by Crippen LogP contribution is 2.13. The van der Waals surface area contributed by atoms with Crippen LogP contribution in [-0.4, -0.2) is 32.1 Å². The Kier molecular flexibility index (Phi) is 6.38. The fourth-order valence-electron chi connectivity index (χ4n) is 2.44. The molecule has 1 atom stereocenters. The van der Waals surface area contributed by atoms with E-state index in [4.69, 9.17) is 4.74 Å². The van der Waals surface area contributed by atoms with Crippen LogP contribution in [0.3, 0.4) is 0 Å². The van der Waals surface area contributed by atoms with Gasteiger partial charge in [0.1, 0.15) is 5.75 Å². The second-order valence-corrected chi connectivity index (χ2v) is 5.28. The van der Waals surface area contributed by atoms with Crippen molar-refractivity contribution in [3.8, 4) is 5.75 Å². The van der Waals surface area contributed by atoms with E-state index in [9.17, 15) is 4.79 Å². The van der Waals surface area contributed by atoms with E-state index >= 15 is 0 Å². The molecule has 1 aliphatic heterocycles. The summed E-state index contributed by atoms with van der Waals surface area (Å²) in [4.78, 5) is 11.8. The number of hydrogen-bond donors (Lipinski definition) is 2. The first-order chi connectivity index (χ1) is 9.84. The molecule has 4 heteroatoms. The highest BCUT2D eigenvalue weighted by molar-refractivity contribution is 5.76. The molecule has 1 aromatic rings. The molecule has 1 amide bonds. The van der Waals surface area contributed by atoms with Crippen molar-refractivity contribution < 1.29 is 9.53 Å². The van der Waals surface area contributed by atoms with E-state index in [0.29, 0.717) is 25.5 Å². The maximum absolute atomic E-state index is 11.8. The number of carbonyl (C=O) groups is 1. The van der Waals surface area contributed by atoms with Crippen LogP contribution in [0.5, 0.6) is 5.75 Å². The summed E-state index contributed by atoms with van der Waals surface area (Å²) in [6, 6.07) is 9.75. The molecule has 1 fully saturated rings. The Hall–Kier alpha value is -1.55. The molecule has 1 saturated heterocycles. The standard InChI is InChI=1S/C16H24N2O2/c19-16(12-14-6-4-9-17-13-14)18-10-5-11-20-15-7-2-1-3-8-15/h1-3,7-8,14,17H,4-6,9-13H2,(H,18,19). The Balaban J connectivity index is 1.51. The Morgan fingerprint density at radius 2 is 2.20 bits per heavy atom. The maximum atomic E-state index is 11.8. The van der Waals surface area contributed by atoms with Gasteiger partial charge in [0.25, 0.3) is 0 Å². The molecule has 1 heterocycles. The molecule has 2 rings (SSSR count). The molecular formula is C16H24N2O2. The van der Waals surface area contributed by atoms with Crippen molar-refractivity contribution in [3.05, 3.63) is 30.3 Å². The third-order valence-corrected chi connectivity index (χ3v) is 3.53. The van der Waals surface area contributed by atoms with Gasteiger partial charge in [-0.2, -0.15) is 0 Å². The van der Waals surface area contributed by atoms with Crippen molar-refractivity contribution >= 4 is 5.91 Å². The van der Waals surface area contributed by atoms with Gasteiger partial charge < -0.3 is 15.4 Å². The maximum Gasteiger partial charge on any atom is 0.220 e. The first-order valence-corrected chi connectivity index (χ1v) is 7.50. The highest BCUT2D eigenvalue weighted by atomic mass is 16.5. The van der Waals surface area contributed by atoms with E-state index in [0.717, 1.165) is 31.7 Å². The number of carbonyl (C=O) groups excluding carboxylic acids is 1. The van der Waals surface area contributed by atoms with Crippen molar-refractivity contribution in [2.24, 2.45) is 5.92 Å². The van der Waals surface area contributed by atoms with Gasteiger partial charge in [-0.25, -0.2) is 0 Å². The van der Waals surface area contributed by atoms with Gasteiger partial charge in [0.05, 0.1) is 6.61 Å². The minimum absolute atomic E-state index is 0.165. The number of rotatable bonds is 7. The normalized spacial score (nSPS) is 18.5. The molecule has 0 radical (unpaired) electrons. The number of piperidine rings is 1. The average Bonchev–Trinajstić information content (AvgIpc) is 2.49. The van der Waals surface area contributed by atoms with Gasteiger partial charge in [-0.3, -0.25) is 4.79 Å². The molecule has 0 spiro atoms. The van der Waals surface area contributed by atoms with Crippen molar-refractivity contribution in [2.45, 2.75) is 25.7 Å². The first kappa shape index (κ1) is 14.9. The number of para-hydroxylation sites is 1. The Morgan fingerprint density at radius 3 is 2.95 bits per heavy atom. The molecule has 1 unspecified atom stereocenters. The summed E-state index contributed by atoms with van der Waals surface area (Å²) in [6.07, 6.45) is 3.83. The second-order valence-electron chi connectivity index (χ2n) is 5.28. The van der Waals surface area contributed by atoms with Crippen molar-refractivity contribution in [2.75, 3.05) is 26.2 Å². The SMILES string of the molecule is O=C(CC1CCCNC1)NCCCOc1ccccc1. The van der Waals surface area contributed by atoms with Gasteiger partial charge in [0, 0.05) is 13.0 Å². The minimum Gasteiger partial charge on any atom is -0.494 e. The summed E-state index contributed by atoms with van der Waals surface area (Å²) in [5.74, 6) is 1.55. The van der Waals surface area contributed by atoms with Crippen LogP contribution < -0.4 is 15.4 Å². The summed E-state index contributed by atoms with van der Waals surface area (Å²) in [6.45, 7) is 3.39. The largest absolute Gasteiger partial charge is 0.494 e. The number of nitrogens with one attached hydrogen (secondary N) is 2. The summed E-state index contributed by atoms with van der Waals surface area (Å²) in [5, 5.41) is 6.30. The lowest BCUT2D eigenvalue weighted by Gasteiger charge is -2.22. The first-order valence-electron chi connectivity index (χ1n) is 7.50. The predicted octanol–water partition coefficient (Wildman–Crippen LogP) is 1.96. The van der Waals surface area contributed by atoms with Gasteiger partial charge in [-0.05, 0) is 50.4 Å². The lowest BCUT2D eigenvalue weighted by molar-refractivity contribution is -0.122. The zero-order valence-electron chi connectivity index (χ0n) is 11.9. The van der Waals surface area contributed by atoms with E-state index in [1.54, 1.807) is 0 Å². The second kappa shape index (κ2) is 8.59. The summed E-state index contributed by atoms with van der Waals surface area (Å²) < 4.78 is 5.58. The number of hydrogen-bond acceptors (Lipinski definition) is 3. The molecule has 0 aliphatic carbocycles. The summed E-state index contributed by atoms with van der Waals surface area (Å²) in [7, 11) is 0. The Labute approximate surface area is 120 Å². The van der Waals surface area contributed by atoms with Crippen molar-refractivity contribution in [3.63, 3.8) is 0 Å². The van der Waals surface area contributed by atoms with E-state index in [2.05, 4.69) is 10.6 Å². The number of ether oxygens (including phenoxy) is 1. The van der Waals surface area contributed by atoms with Crippen molar-refractivity contribution in [1.82, 2.24) is 10.6 Å². The third kappa shape index (κ3) is 5.61. The third-order valence-electron chi connectivity index (χ3n) is 3.53. The summed E-state index contributed by atoms with van der Waals surface area (Å²) in [5.41, 5.74) is 0. The zero-order chi connectivity index (χ0) is 14.0. The van der Waals surface area contributed by atoms with Gasteiger partial charge >= 0.3 is 0 Å². The van der Waals surface area contributed by atoms with Crippen LogP contribution in [0, 0.1) is 5.92 Å². The fourth-order valence-corrected chi connectivity index (χ4v) is 2.44. The number of benzene rings is 1. The Morgan fingerprint density at radius 1 is 1.35 bits per heavy atom. The average molecular weight is 276 g/mol. The van der Waals surface area contributed by atoms with Gasteiger partial charge in [0.15, 0.2) is 0 Å². The Bertz CT molecular complexity index is 389. The lowest BCUT2D eigenvalue weighted by Crippen LogP contribution is -2.34. The molecule has 1 aliphatic rings. The van der Waals surface area contributed by atoms with Gasteiger partial charge in [-0.1, -0.05) is 18.2 Å². The zero-order valence-corrected chi connectivity index (χ0v) is 11.9. The number of amides is 1. The van der Waals surface area contributed by atoms with Crippen LogP contribution in [-0.2, 0) is 4.79 Å². The molecule has 110 valence electrons. The van der Waals surface area contributed by atoms with E-state index < -0.39 is 0 Å². The molecule has 0 bridgehead atoms. The van der Waals surface area contributed by atoms with Crippen LogP contribution >= 0.6 is 0 Å². The van der Waals surface area contributed by atoms with Crippen LogP contribution in [0.1, 0.15) is 25.7 Å². The molecule has 2 N–H and O–H groups in total. The fraction of sp³-hybridized carbons (Fsp3) is 0.562. The molecular weight excluding hydrogens is 252 g/mol. The van der Waals surface area contributed by atoms with E-state index in [1.807, 2.05) is 30.3 Å². The molecule has 20 heavy (non-hydrogen) atoms. The molecule has 0 aromatic heterocycles. The smallest absolute Gasteiger partial charge is 0.220 e. The van der Waals surface area contributed by atoms with Crippen LogP contribution in [0.2, 0.25) is 0 Å². The predicted molar refractivity (Wildman–Crippen MR) is 79.8 cm³/mol. The minimum atomic E-state index is 0.165. The van der Waals surface area contributed by atoms with Crippen LogP contribution in [0.25, 0.3) is 0 Å². The van der Waals surface area contributed by atoms with Crippen LogP contribution in [0.4, 0.5) is 0 Å². The van der Waals surface area contributed by atoms with Crippen LogP contribution in [0.15, 0.2) is 30.3 Å². The topological polar surface area (TPSA) is 50.4 Å². The van der Waals surface area contributed by atoms with E-state index in [1.165, 1.54) is 6.42 Å². The molecule has 0 saturated carbocycles. The molecule has 4 nitrogen and oxygen atoms in total. The van der Waals surface area contributed by atoms with E-state index in [-0.39, 0.29) is 5.91 Å². The quantitative estimate of drug-likeness (QED) is 0.749. The molecule has 1 aromatic carbocycles. The van der Waals surface area contributed by atoms with Crippen molar-refractivity contribution in [1.29, 1.82) is 0 Å².